The number of nitrogens with zero attached hydrogens (tertiary/aromatic N) is 3. The molecule has 2 atom stereocenters. The van der Waals surface area contributed by atoms with Crippen LogP contribution < -0.4 is 10.6 Å². The van der Waals surface area contributed by atoms with E-state index in [9.17, 15) is 0 Å². The molecule has 0 amide bonds. The number of aryl methyl sites for hydroxylation is 1. The van der Waals surface area contributed by atoms with Gasteiger partial charge in [-0.3, -0.25) is 14.9 Å². The van der Waals surface area contributed by atoms with Gasteiger partial charge in [0.2, 0.25) is 0 Å². The molecule has 0 bridgehead atoms. The summed E-state index contributed by atoms with van der Waals surface area (Å²) < 4.78 is 0. The average Bonchev–Trinajstić information content (AvgIpc) is 3.22. The van der Waals surface area contributed by atoms with Crippen LogP contribution in [-0.2, 0) is 6.42 Å². The smallest absolute Gasteiger partial charge is 0.191 e. The quantitative estimate of drug-likeness (QED) is 0.321. The predicted octanol–water partition coefficient (Wildman–Crippen LogP) is 4.25. The highest BCUT2D eigenvalue weighted by molar-refractivity contribution is 14.0. The first-order valence-corrected chi connectivity index (χ1v) is 11.2. The highest BCUT2D eigenvalue weighted by Gasteiger charge is 2.31. The van der Waals surface area contributed by atoms with Gasteiger partial charge in [0.1, 0.15) is 0 Å². The number of hydrogen-bond acceptors (Lipinski definition) is 4. The van der Waals surface area contributed by atoms with Crippen LogP contribution in [-0.4, -0.2) is 49.1 Å². The Kier molecular flexibility index (Phi) is 10.4. The second-order valence-corrected chi connectivity index (χ2v) is 8.52. The molecule has 0 saturated carbocycles. The van der Waals surface area contributed by atoms with Gasteiger partial charge in [-0.25, -0.2) is 0 Å². The van der Waals surface area contributed by atoms with Crippen molar-refractivity contribution in [2.75, 3.05) is 33.2 Å². The number of aromatic nitrogens is 1. The van der Waals surface area contributed by atoms with Crippen molar-refractivity contribution in [3.63, 3.8) is 0 Å². The molecule has 7 heteroatoms. The van der Waals surface area contributed by atoms with E-state index in [4.69, 9.17) is 4.99 Å². The van der Waals surface area contributed by atoms with Crippen LogP contribution in [0.5, 0.6) is 0 Å². The van der Waals surface area contributed by atoms with Crippen molar-refractivity contribution in [2.24, 2.45) is 10.9 Å². The lowest BCUT2D eigenvalue weighted by Gasteiger charge is -2.38. The Balaban J connectivity index is 0.00000300. The Bertz CT molecular complexity index is 749. The summed E-state index contributed by atoms with van der Waals surface area (Å²) in [5.74, 6) is 1.49. The van der Waals surface area contributed by atoms with Gasteiger partial charge < -0.3 is 10.6 Å². The molecule has 1 aliphatic heterocycles. The molecule has 5 nitrogen and oxygen atoms in total. The van der Waals surface area contributed by atoms with Crippen LogP contribution in [0.4, 0.5) is 0 Å². The monoisotopic (exact) mass is 527 g/mol. The normalized spacial score (nSPS) is 20.2. The molecule has 29 heavy (non-hydrogen) atoms. The van der Waals surface area contributed by atoms with Crippen LogP contribution in [0, 0.1) is 12.8 Å². The van der Waals surface area contributed by atoms with Gasteiger partial charge in [-0.15, -0.1) is 35.3 Å². The van der Waals surface area contributed by atoms with Crippen molar-refractivity contribution >= 4 is 41.3 Å². The molecule has 3 rings (SSSR count). The summed E-state index contributed by atoms with van der Waals surface area (Å²) in [6, 6.07) is 7.02. The first-order chi connectivity index (χ1) is 13.7. The summed E-state index contributed by atoms with van der Waals surface area (Å²) >= 11 is 1.87. The van der Waals surface area contributed by atoms with Crippen molar-refractivity contribution in [3.05, 3.63) is 52.0 Å². The van der Waals surface area contributed by atoms with Crippen LogP contribution in [0.1, 0.15) is 41.8 Å². The van der Waals surface area contributed by atoms with Crippen LogP contribution in [0.2, 0.25) is 0 Å². The molecular formula is C22H34IN5S. The lowest BCUT2D eigenvalue weighted by molar-refractivity contribution is 0.128. The Hall–Kier alpha value is -1.19. The van der Waals surface area contributed by atoms with Crippen molar-refractivity contribution in [3.8, 4) is 0 Å². The zero-order valence-electron chi connectivity index (χ0n) is 17.7. The fourth-order valence-electron chi connectivity index (χ4n) is 4.01. The molecule has 0 radical (unpaired) electrons. The van der Waals surface area contributed by atoms with Crippen LogP contribution in [0.3, 0.4) is 0 Å². The van der Waals surface area contributed by atoms with Crippen LogP contribution in [0.15, 0.2) is 41.0 Å². The standard InChI is InChI=1S/C22H33N5S.HI/c1-4-24-22(25-12-10-18-9-11-23-15-17(18)2)26-16-19-7-5-13-27(3)21(19)20-8-6-14-28-20;/h6,8-9,11,14-15,19,21H,4-5,7,10,12-13,16H2,1-3H3,(H2,24,25,26);1H. The minimum atomic E-state index is 0. The number of aliphatic imine (C=N–C) groups is 1. The number of thiophene rings is 1. The average molecular weight is 528 g/mol. The van der Waals surface area contributed by atoms with Gasteiger partial charge in [0.05, 0.1) is 0 Å². The van der Waals surface area contributed by atoms with E-state index in [1.54, 1.807) is 0 Å². The number of piperidine rings is 1. The van der Waals surface area contributed by atoms with E-state index in [2.05, 4.69) is 65.0 Å². The molecule has 0 spiro atoms. The maximum atomic E-state index is 4.95. The Morgan fingerprint density at radius 2 is 2.21 bits per heavy atom. The number of pyridine rings is 1. The maximum Gasteiger partial charge on any atom is 0.191 e. The third kappa shape index (κ3) is 6.93. The highest BCUT2D eigenvalue weighted by atomic mass is 127. The minimum absolute atomic E-state index is 0. The molecule has 1 fully saturated rings. The molecule has 160 valence electrons. The molecule has 2 aromatic rings. The van der Waals surface area contributed by atoms with Crippen molar-refractivity contribution in [1.29, 1.82) is 0 Å². The molecule has 1 saturated heterocycles. The first-order valence-electron chi connectivity index (χ1n) is 10.3. The van der Waals surface area contributed by atoms with E-state index in [0.717, 1.165) is 32.0 Å². The molecule has 2 N–H and O–H groups in total. The summed E-state index contributed by atoms with van der Waals surface area (Å²) in [7, 11) is 2.25. The summed E-state index contributed by atoms with van der Waals surface area (Å²) in [4.78, 5) is 13.1. The van der Waals surface area contributed by atoms with Crippen molar-refractivity contribution in [1.82, 2.24) is 20.5 Å². The summed E-state index contributed by atoms with van der Waals surface area (Å²) in [6.07, 6.45) is 7.27. The summed E-state index contributed by atoms with van der Waals surface area (Å²) in [5.41, 5.74) is 2.58. The van der Waals surface area contributed by atoms with Gasteiger partial charge in [0.15, 0.2) is 5.96 Å². The van der Waals surface area contributed by atoms with Gasteiger partial charge in [-0.1, -0.05) is 6.07 Å². The van der Waals surface area contributed by atoms with E-state index in [1.807, 2.05) is 23.7 Å². The zero-order chi connectivity index (χ0) is 19.8. The lowest BCUT2D eigenvalue weighted by Crippen LogP contribution is -2.40. The number of guanidine groups is 1. The zero-order valence-corrected chi connectivity index (χ0v) is 20.9. The second kappa shape index (κ2) is 12.5. The third-order valence-electron chi connectivity index (χ3n) is 5.49. The number of likely N-dealkylation sites (tertiary alicyclic amines) is 1. The molecule has 0 aromatic carbocycles. The van der Waals surface area contributed by atoms with Gasteiger partial charge in [-0.05, 0) is 81.3 Å². The van der Waals surface area contributed by atoms with Gasteiger partial charge in [-0.2, -0.15) is 0 Å². The Morgan fingerprint density at radius 3 is 2.93 bits per heavy atom. The Morgan fingerprint density at radius 1 is 1.34 bits per heavy atom. The van der Waals surface area contributed by atoms with Crippen molar-refractivity contribution < 1.29 is 0 Å². The van der Waals surface area contributed by atoms with Gasteiger partial charge >= 0.3 is 0 Å². The fourth-order valence-corrected chi connectivity index (χ4v) is 4.99. The highest BCUT2D eigenvalue weighted by Crippen LogP contribution is 2.37. The number of hydrogen-bond donors (Lipinski definition) is 2. The second-order valence-electron chi connectivity index (χ2n) is 7.54. The van der Waals surface area contributed by atoms with E-state index < -0.39 is 0 Å². The Labute approximate surface area is 196 Å². The molecule has 2 aromatic heterocycles. The topological polar surface area (TPSA) is 52.6 Å². The SMILES string of the molecule is CCNC(=NCC1CCCN(C)C1c1cccs1)NCCc1ccncc1C.I. The third-order valence-corrected chi connectivity index (χ3v) is 6.44. The molecular weight excluding hydrogens is 493 g/mol. The van der Waals surface area contributed by atoms with Crippen LogP contribution >= 0.6 is 35.3 Å². The van der Waals surface area contributed by atoms with E-state index in [0.29, 0.717) is 12.0 Å². The van der Waals surface area contributed by atoms with E-state index in [1.165, 1.54) is 35.4 Å². The molecule has 1 aliphatic rings. The predicted molar refractivity (Wildman–Crippen MR) is 134 cm³/mol. The first kappa shape index (κ1) is 24.1. The van der Waals surface area contributed by atoms with Gasteiger partial charge in [0.25, 0.3) is 0 Å². The minimum Gasteiger partial charge on any atom is -0.357 e. The molecule has 3 heterocycles. The number of rotatable bonds is 7. The van der Waals surface area contributed by atoms with Crippen LogP contribution in [0.25, 0.3) is 0 Å². The summed E-state index contributed by atoms with van der Waals surface area (Å²) in [6.45, 7) is 8.01. The van der Waals surface area contributed by atoms with E-state index in [-0.39, 0.29) is 24.0 Å². The number of halogens is 1. The van der Waals surface area contributed by atoms with E-state index >= 15 is 0 Å². The maximum absolute atomic E-state index is 4.95. The van der Waals surface area contributed by atoms with Gasteiger partial charge in [0, 0.05) is 42.9 Å². The molecule has 2 unspecified atom stereocenters. The largest absolute Gasteiger partial charge is 0.357 e. The molecule has 0 aliphatic carbocycles. The fraction of sp³-hybridized carbons (Fsp3) is 0.545. The number of nitrogens with one attached hydrogen (secondary N) is 2. The van der Waals surface area contributed by atoms with Crippen molar-refractivity contribution in [2.45, 2.75) is 39.2 Å². The lowest BCUT2D eigenvalue weighted by atomic mass is 9.88. The summed E-state index contributed by atoms with van der Waals surface area (Å²) in [5, 5.41) is 9.09.